The van der Waals surface area contributed by atoms with E-state index in [1.807, 2.05) is 0 Å². The van der Waals surface area contributed by atoms with E-state index in [1.54, 1.807) is 0 Å². The minimum absolute atomic E-state index is 0.504. The van der Waals surface area contributed by atoms with Crippen molar-refractivity contribution in [3.8, 4) is 0 Å². The van der Waals surface area contributed by atoms with Crippen molar-refractivity contribution in [2.24, 2.45) is 35.0 Å². The molecule has 0 heteroatoms. The lowest BCUT2D eigenvalue weighted by molar-refractivity contribution is 0.125. The minimum atomic E-state index is 0.504. The lowest BCUT2D eigenvalue weighted by Crippen LogP contribution is -2.29. The molecule has 0 amide bonds. The van der Waals surface area contributed by atoms with Crippen molar-refractivity contribution in [3.63, 3.8) is 0 Å². The molecule has 0 N–H and O–H groups in total. The van der Waals surface area contributed by atoms with E-state index in [9.17, 15) is 0 Å². The second-order valence-electron chi connectivity index (χ2n) is 6.06. The maximum absolute atomic E-state index is 2.45. The molecule has 0 aromatic carbocycles. The van der Waals surface area contributed by atoms with Crippen LogP contribution in [0.3, 0.4) is 0 Å². The zero-order valence-corrected chi connectivity index (χ0v) is 10.4. The van der Waals surface area contributed by atoms with Crippen molar-refractivity contribution < 1.29 is 0 Å². The van der Waals surface area contributed by atoms with Crippen LogP contribution in [0, 0.1) is 35.0 Å². The van der Waals surface area contributed by atoms with Crippen molar-refractivity contribution in [1.29, 1.82) is 0 Å². The Kier molecular flexibility index (Phi) is 2.81. The number of hydrogen-bond donors (Lipinski definition) is 0. The van der Waals surface area contributed by atoms with E-state index in [0.29, 0.717) is 5.41 Å². The molecule has 13 heavy (non-hydrogen) atoms. The molecule has 0 nitrogen and oxygen atoms in total. The van der Waals surface area contributed by atoms with Gasteiger partial charge in [-0.2, -0.15) is 0 Å². The fraction of sp³-hybridized carbons (Fsp3) is 1.00. The molecule has 0 spiro atoms. The first-order valence-corrected chi connectivity index (χ1v) is 5.80. The van der Waals surface area contributed by atoms with Crippen LogP contribution in [0.2, 0.25) is 0 Å². The third-order valence-electron chi connectivity index (χ3n) is 5.14. The average molecular weight is 182 g/mol. The topological polar surface area (TPSA) is 0 Å². The molecule has 3 unspecified atom stereocenters. The first-order valence-electron chi connectivity index (χ1n) is 5.80. The van der Waals surface area contributed by atoms with Gasteiger partial charge in [0.25, 0.3) is 0 Å². The lowest BCUT2D eigenvalue weighted by atomic mass is 9.69. The molecule has 0 bridgehead atoms. The Bertz CT molecular complexity index is 170. The van der Waals surface area contributed by atoms with Gasteiger partial charge in [-0.25, -0.2) is 0 Å². The van der Waals surface area contributed by atoms with Gasteiger partial charge in [-0.15, -0.1) is 0 Å². The molecular weight excluding hydrogens is 156 g/mol. The van der Waals surface area contributed by atoms with Crippen molar-refractivity contribution in [3.05, 3.63) is 0 Å². The van der Waals surface area contributed by atoms with E-state index < -0.39 is 0 Å². The van der Waals surface area contributed by atoms with Gasteiger partial charge in [0, 0.05) is 0 Å². The molecule has 3 atom stereocenters. The normalized spacial score (nSPS) is 36.5. The second kappa shape index (κ2) is 3.29. The smallest absolute Gasteiger partial charge is 0.0303 e. The van der Waals surface area contributed by atoms with Gasteiger partial charge in [0.1, 0.15) is 0 Å². The van der Waals surface area contributed by atoms with E-state index in [-0.39, 0.29) is 0 Å². The van der Waals surface area contributed by atoms with E-state index in [1.165, 1.54) is 0 Å². The fourth-order valence-electron chi connectivity index (χ4n) is 2.63. The summed E-state index contributed by atoms with van der Waals surface area (Å²) in [7, 11) is 0. The van der Waals surface area contributed by atoms with Crippen LogP contribution in [0.1, 0.15) is 48.5 Å². The molecule has 0 heterocycles. The molecule has 1 rings (SSSR count). The summed E-state index contributed by atoms with van der Waals surface area (Å²) >= 11 is 0. The van der Waals surface area contributed by atoms with E-state index >= 15 is 0 Å². The Hall–Kier alpha value is 0. The largest absolute Gasteiger partial charge is 0.0623 e. The third kappa shape index (κ3) is 1.78. The fourth-order valence-corrected chi connectivity index (χ4v) is 2.63. The standard InChI is InChI=1S/C13H26/c1-8(2)13(6,7)11(5)12-9(3)10(12)4/h8-12H,1-7H3. The summed E-state index contributed by atoms with van der Waals surface area (Å²) in [6.07, 6.45) is 0. The molecule has 0 saturated heterocycles. The maximum atomic E-state index is 2.45. The van der Waals surface area contributed by atoms with E-state index in [4.69, 9.17) is 0 Å². The highest BCUT2D eigenvalue weighted by Crippen LogP contribution is 2.56. The molecular formula is C13H26. The van der Waals surface area contributed by atoms with E-state index in [2.05, 4.69) is 48.5 Å². The zero-order chi connectivity index (χ0) is 10.4. The summed E-state index contributed by atoms with van der Waals surface area (Å²) in [4.78, 5) is 0. The van der Waals surface area contributed by atoms with Gasteiger partial charge in [-0.05, 0) is 35.0 Å². The predicted molar refractivity (Wildman–Crippen MR) is 59.6 cm³/mol. The first-order chi connectivity index (χ1) is 5.80. The Balaban J connectivity index is 2.62. The molecule has 0 aromatic heterocycles. The number of rotatable bonds is 3. The van der Waals surface area contributed by atoms with E-state index in [0.717, 1.165) is 29.6 Å². The van der Waals surface area contributed by atoms with Crippen LogP contribution >= 0.6 is 0 Å². The quantitative estimate of drug-likeness (QED) is 0.613. The zero-order valence-electron chi connectivity index (χ0n) is 10.4. The van der Waals surface area contributed by atoms with Gasteiger partial charge in [0.05, 0.1) is 0 Å². The second-order valence-corrected chi connectivity index (χ2v) is 6.06. The van der Waals surface area contributed by atoms with Gasteiger partial charge < -0.3 is 0 Å². The van der Waals surface area contributed by atoms with Crippen molar-refractivity contribution in [2.45, 2.75) is 48.5 Å². The summed E-state index contributed by atoms with van der Waals surface area (Å²) in [6, 6.07) is 0. The van der Waals surface area contributed by atoms with Crippen LogP contribution in [0.4, 0.5) is 0 Å². The number of hydrogen-bond acceptors (Lipinski definition) is 0. The third-order valence-corrected chi connectivity index (χ3v) is 5.14. The van der Waals surface area contributed by atoms with Crippen LogP contribution in [-0.2, 0) is 0 Å². The summed E-state index contributed by atoms with van der Waals surface area (Å²) in [5.41, 5.74) is 0.504. The van der Waals surface area contributed by atoms with Crippen molar-refractivity contribution in [2.75, 3.05) is 0 Å². The Labute approximate surface area is 84.1 Å². The summed E-state index contributed by atoms with van der Waals surface area (Å²) in [6.45, 7) is 16.8. The summed E-state index contributed by atoms with van der Waals surface area (Å²) in [5, 5.41) is 0. The predicted octanol–water partition coefficient (Wildman–Crippen LogP) is 4.21. The molecule has 0 aliphatic heterocycles. The van der Waals surface area contributed by atoms with Gasteiger partial charge in [0.15, 0.2) is 0 Å². The Morgan fingerprint density at radius 1 is 0.923 bits per heavy atom. The molecule has 1 saturated carbocycles. The van der Waals surface area contributed by atoms with Crippen LogP contribution in [0.25, 0.3) is 0 Å². The highest BCUT2D eigenvalue weighted by Gasteiger charge is 2.50. The maximum Gasteiger partial charge on any atom is -0.0303 e. The van der Waals surface area contributed by atoms with Crippen molar-refractivity contribution >= 4 is 0 Å². The minimum Gasteiger partial charge on any atom is -0.0623 e. The average Bonchev–Trinajstić information content (AvgIpc) is 2.58. The van der Waals surface area contributed by atoms with Crippen LogP contribution in [-0.4, -0.2) is 0 Å². The highest BCUT2D eigenvalue weighted by atomic mass is 14.6. The van der Waals surface area contributed by atoms with Crippen LogP contribution < -0.4 is 0 Å². The van der Waals surface area contributed by atoms with Gasteiger partial charge in [-0.3, -0.25) is 0 Å². The van der Waals surface area contributed by atoms with Gasteiger partial charge in [0.2, 0.25) is 0 Å². The lowest BCUT2D eigenvalue weighted by Gasteiger charge is -2.36. The van der Waals surface area contributed by atoms with Crippen molar-refractivity contribution in [1.82, 2.24) is 0 Å². The van der Waals surface area contributed by atoms with Crippen LogP contribution in [0.5, 0.6) is 0 Å². The Morgan fingerprint density at radius 3 is 1.54 bits per heavy atom. The summed E-state index contributed by atoms with van der Waals surface area (Å²) < 4.78 is 0. The van der Waals surface area contributed by atoms with Gasteiger partial charge >= 0.3 is 0 Å². The monoisotopic (exact) mass is 182 g/mol. The molecule has 78 valence electrons. The van der Waals surface area contributed by atoms with Gasteiger partial charge in [-0.1, -0.05) is 48.5 Å². The summed E-state index contributed by atoms with van der Waals surface area (Å²) in [5.74, 6) is 4.58. The van der Waals surface area contributed by atoms with Crippen LogP contribution in [0.15, 0.2) is 0 Å². The molecule has 0 aromatic rings. The molecule has 0 radical (unpaired) electrons. The first kappa shape index (κ1) is 11.1. The molecule has 1 aliphatic rings. The molecule has 1 aliphatic carbocycles. The molecule has 1 fully saturated rings. The Morgan fingerprint density at radius 2 is 1.31 bits per heavy atom. The SMILES string of the molecule is CC1C(C)C1C(C)C(C)(C)C(C)C. The highest BCUT2D eigenvalue weighted by molar-refractivity contribution is 4.98.